The van der Waals surface area contributed by atoms with Gasteiger partial charge in [0.05, 0.1) is 23.2 Å². The molecule has 170 valence electrons. The summed E-state index contributed by atoms with van der Waals surface area (Å²) < 4.78 is 10.7. The van der Waals surface area contributed by atoms with Gasteiger partial charge in [-0.3, -0.25) is 4.79 Å². The molecule has 0 aliphatic rings. The van der Waals surface area contributed by atoms with Crippen LogP contribution in [-0.4, -0.2) is 52.5 Å². The van der Waals surface area contributed by atoms with Crippen molar-refractivity contribution in [1.82, 2.24) is 16.0 Å². The van der Waals surface area contributed by atoms with Gasteiger partial charge in [-0.25, -0.2) is 9.59 Å². The fourth-order valence-corrected chi connectivity index (χ4v) is 2.81. The number of alkyl carbamates (subject to hydrolysis) is 2. The minimum Gasteiger partial charge on any atom is -0.444 e. The zero-order valence-corrected chi connectivity index (χ0v) is 19.8. The van der Waals surface area contributed by atoms with Crippen LogP contribution in [0, 0.1) is 0 Å². The molecule has 0 aromatic rings. The van der Waals surface area contributed by atoms with Gasteiger partial charge >= 0.3 is 12.2 Å². The van der Waals surface area contributed by atoms with Gasteiger partial charge in [-0.1, -0.05) is 0 Å². The van der Waals surface area contributed by atoms with Gasteiger partial charge in [-0.2, -0.15) is 0 Å². The van der Waals surface area contributed by atoms with Crippen molar-refractivity contribution in [3.8, 4) is 0 Å². The minimum absolute atomic E-state index is 0.423. The molecule has 0 saturated heterocycles. The predicted octanol–water partition coefficient (Wildman–Crippen LogP) is 2.42. The molecule has 0 heterocycles. The number of carbonyl (C=O) groups excluding carboxylic acids is 3. The molecule has 0 spiro atoms. The summed E-state index contributed by atoms with van der Waals surface area (Å²) >= 11 is 0. The highest BCUT2D eigenvalue weighted by Crippen LogP contribution is 2.23. The Balaban J connectivity index is 5.73. The number of nitrogens with one attached hydrogen (secondary N) is 3. The Morgan fingerprint density at radius 2 is 1.03 bits per heavy atom. The lowest BCUT2D eigenvalue weighted by Gasteiger charge is -2.45. The summed E-state index contributed by atoms with van der Waals surface area (Å²) in [7, 11) is 0. The summed E-state index contributed by atoms with van der Waals surface area (Å²) in [6.07, 6.45) is -1.29. The van der Waals surface area contributed by atoms with Gasteiger partial charge in [0.2, 0.25) is 5.91 Å². The molecule has 0 aliphatic carbocycles. The van der Waals surface area contributed by atoms with Crippen LogP contribution in [0.4, 0.5) is 9.59 Å². The third kappa shape index (κ3) is 10.3. The number of rotatable bonds is 6. The van der Waals surface area contributed by atoms with Gasteiger partial charge in [-0.05, 0) is 76.2 Å². The summed E-state index contributed by atoms with van der Waals surface area (Å²) in [5.41, 5.74) is 2.32. The maximum atomic E-state index is 12.4. The molecule has 9 nitrogen and oxygen atoms in total. The topological polar surface area (TPSA) is 132 Å². The normalized spacial score (nSPS) is 14.1. The van der Waals surface area contributed by atoms with Crippen LogP contribution in [0.15, 0.2) is 0 Å². The first kappa shape index (κ1) is 27.0. The molecule has 1 unspecified atom stereocenters. The average molecular weight is 417 g/mol. The smallest absolute Gasteiger partial charge is 0.408 e. The van der Waals surface area contributed by atoms with Crippen LogP contribution in [0.5, 0.6) is 0 Å². The largest absolute Gasteiger partial charge is 0.444 e. The summed E-state index contributed by atoms with van der Waals surface area (Å²) in [5, 5.41) is 8.38. The molecule has 0 rings (SSSR count). The first-order chi connectivity index (χ1) is 12.7. The number of nitrogens with two attached hydrogens (primary N) is 1. The zero-order valence-electron chi connectivity index (χ0n) is 19.8. The van der Waals surface area contributed by atoms with Crippen molar-refractivity contribution in [2.24, 2.45) is 5.73 Å². The van der Waals surface area contributed by atoms with E-state index in [1.54, 1.807) is 76.2 Å². The maximum Gasteiger partial charge on any atom is 0.408 e. The quantitative estimate of drug-likeness (QED) is 0.526. The second kappa shape index (κ2) is 9.19. The van der Waals surface area contributed by atoms with Crippen LogP contribution in [0.25, 0.3) is 0 Å². The number of hydrogen-bond acceptors (Lipinski definition) is 6. The van der Waals surface area contributed by atoms with E-state index in [0.717, 1.165) is 0 Å². The Labute approximate surface area is 174 Å². The van der Waals surface area contributed by atoms with Crippen molar-refractivity contribution in [2.75, 3.05) is 0 Å². The molecule has 0 aromatic carbocycles. The Morgan fingerprint density at radius 3 is 1.28 bits per heavy atom. The molecule has 0 radical (unpaired) electrons. The Morgan fingerprint density at radius 1 is 0.724 bits per heavy atom. The Bertz CT molecular complexity index is 559. The van der Waals surface area contributed by atoms with Crippen molar-refractivity contribution >= 4 is 18.1 Å². The number of carbonyl (C=O) groups is 3. The fraction of sp³-hybridized carbons (Fsp3) is 0.850. The predicted molar refractivity (Wildman–Crippen MR) is 112 cm³/mol. The van der Waals surface area contributed by atoms with Crippen LogP contribution >= 0.6 is 0 Å². The van der Waals surface area contributed by atoms with Gasteiger partial charge in [0, 0.05) is 0 Å². The van der Waals surface area contributed by atoms with E-state index >= 15 is 0 Å². The highest BCUT2D eigenvalue weighted by atomic mass is 16.6. The second-order valence-electron chi connectivity index (χ2n) is 10.4. The Hall–Kier alpha value is -2.03. The first-order valence-corrected chi connectivity index (χ1v) is 9.74. The lowest BCUT2D eigenvalue weighted by Crippen LogP contribution is -2.71. The van der Waals surface area contributed by atoms with E-state index in [1.165, 1.54) is 0 Å². The van der Waals surface area contributed by atoms with Gasteiger partial charge in [-0.15, -0.1) is 0 Å². The second-order valence-corrected chi connectivity index (χ2v) is 10.4. The van der Waals surface area contributed by atoms with Crippen LogP contribution in [0.1, 0.15) is 76.2 Å². The summed E-state index contributed by atoms with van der Waals surface area (Å²) in [6.45, 7) is 19.0. The molecule has 0 saturated carbocycles. The molecule has 0 aliphatic heterocycles. The van der Waals surface area contributed by atoms with Crippen LogP contribution < -0.4 is 21.7 Å². The van der Waals surface area contributed by atoms with E-state index in [0.29, 0.717) is 0 Å². The molecule has 0 aromatic heterocycles. The van der Waals surface area contributed by atoms with Crippen LogP contribution in [0.2, 0.25) is 0 Å². The number of hydrogen-bond donors (Lipinski definition) is 4. The van der Waals surface area contributed by atoms with E-state index in [-0.39, 0.29) is 0 Å². The van der Waals surface area contributed by atoms with Crippen LogP contribution in [-0.2, 0) is 14.3 Å². The van der Waals surface area contributed by atoms with E-state index in [1.807, 2.05) is 0 Å². The molecule has 0 bridgehead atoms. The van der Waals surface area contributed by atoms with Crippen molar-refractivity contribution in [1.29, 1.82) is 0 Å². The molecular weight excluding hydrogens is 376 g/mol. The van der Waals surface area contributed by atoms with Crippen LogP contribution in [0.3, 0.4) is 0 Å². The maximum absolute atomic E-state index is 12.4. The van der Waals surface area contributed by atoms with E-state index in [9.17, 15) is 14.4 Å². The van der Waals surface area contributed by atoms with Gasteiger partial charge < -0.3 is 31.2 Å². The van der Waals surface area contributed by atoms with E-state index in [2.05, 4.69) is 16.0 Å². The SMILES string of the molecule is CC(N)C(=O)NC(C(C)(C)NC(=O)OC(C)(C)C)C(C)(C)NC(=O)OC(C)(C)C. The molecule has 29 heavy (non-hydrogen) atoms. The monoisotopic (exact) mass is 416 g/mol. The van der Waals surface area contributed by atoms with Gasteiger partial charge in [0.15, 0.2) is 0 Å². The summed E-state index contributed by atoms with van der Waals surface area (Å²) in [6, 6.07) is -1.51. The third-order valence-corrected chi connectivity index (χ3v) is 3.79. The lowest BCUT2D eigenvalue weighted by molar-refractivity contribution is -0.124. The fourth-order valence-electron chi connectivity index (χ4n) is 2.81. The summed E-state index contributed by atoms with van der Waals surface area (Å²) in [5.74, 6) is -0.423. The van der Waals surface area contributed by atoms with E-state index in [4.69, 9.17) is 15.2 Å². The van der Waals surface area contributed by atoms with Crippen molar-refractivity contribution < 1.29 is 23.9 Å². The van der Waals surface area contributed by atoms with Crippen molar-refractivity contribution in [3.63, 3.8) is 0 Å². The molecule has 5 N–H and O–H groups in total. The standard InChI is InChI=1S/C20H40N4O5/c1-12(21)13(25)22-14(19(8,9)23-15(26)28-17(2,3)4)20(10,11)24-16(27)29-18(5,6)7/h12,14H,21H2,1-11H3,(H,22,25)(H,23,26)(H,24,27). The van der Waals surface area contributed by atoms with Crippen molar-refractivity contribution in [3.05, 3.63) is 0 Å². The highest BCUT2D eigenvalue weighted by Gasteiger charge is 2.45. The van der Waals surface area contributed by atoms with E-state index < -0.39 is 52.5 Å². The molecule has 3 amide bonds. The molecule has 1 atom stereocenters. The van der Waals surface area contributed by atoms with Gasteiger partial charge in [0.25, 0.3) is 0 Å². The Kier molecular flexibility index (Phi) is 8.55. The number of amides is 3. The molecular formula is C20H40N4O5. The van der Waals surface area contributed by atoms with Gasteiger partial charge in [0.1, 0.15) is 11.2 Å². The first-order valence-electron chi connectivity index (χ1n) is 9.74. The lowest BCUT2D eigenvalue weighted by atomic mass is 9.80. The third-order valence-electron chi connectivity index (χ3n) is 3.79. The van der Waals surface area contributed by atoms with Crippen molar-refractivity contribution in [2.45, 2.75) is 111 Å². The number of ether oxygens (including phenoxy) is 2. The average Bonchev–Trinajstić information content (AvgIpc) is 2.37. The molecule has 0 fully saturated rings. The highest BCUT2D eigenvalue weighted by molar-refractivity contribution is 5.82. The molecule has 9 heteroatoms. The summed E-state index contributed by atoms with van der Waals surface area (Å²) in [4.78, 5) is 37.1. The minimum atomic E-state index is -1.01. The zero-order chi connectivity index (χ0) is 23.4.